The Morgan fingerprint density at radius 3 is 2.94 bits per heavy atom. The fraction of sp³-hybridized carbons (Fsp3) is 0.0714. The summed E-state index contributed by atoms with van der Waals surface area (Å²) in [6.45, 7) is 1.94. The third-order valence-electron chi connectivity index (χ3n) is 2.50. The van der Waals surface area contributed by atoms with Crippen LogP contribution in [-0.4, -0.2) is 4.98 Å². The number of benzene rings is 1. The Kier molecular flexibility index (Phi) is 2.97. The van der Waals surface area contributed by atoms with E-state index < -0.39 is 0 Å². The molecular weight excluding hydrogens is 210 g/mol. The largest absolute Gasteiger partial charge is 0.396 e. The summed E-state index contributed by atoms with van der Waals surface area (Å²) in [6, 6.07) is 9.44. The van der Waals surface area contributed by atoms with E-state index in [0.29, 0.717) is 11.5 Å². The number of rotatable bonds is 2. The molecule has 3 heteroatoms. The number of terminal acetylenes is 1. The molecule has 1 heterocycles. The van der Waals surface area contributed by atoms with Crippen molar-refractivity contribution in [2.45, 2.75) is 6.92 Å². The van der Waals surface area contributed by atoms with Gasteiger partial charge in [0.05, 0.1) is 5.69 Å². The highest BCUT2D eigenvalue weighted by atomic mass is 15.0. The van der Waals surface area contributed by atoms with Crippen LogP contribution >= 0.6 is 0 Å². The first-order chi connectivity index (χ1) is 8.20. The lowest BCUT2D eigenvalue weighted by molar-refractivity contribution is 1.28. The average molecular weight is 223 g/mol. The van der Waals surface area contributed by atoms with Crippen molar-refractivity contribution in [3.05, 3.63) is 47.7 Å². The van der Waals surface area contributed by atoms with Crippen molar-refractivity contribution in [3.63, 3.8) is 0 Å². The molecule has 0 saturated carbocycles. The van der Waals surface area contributed by atoms with E-state index in [0.717, 1.165) is 16.8 Å². The second-order valence-corrected chi connectivity index (χ2v) is 3.74. The van der Waals surface area contributed by atoms with Crippen molar-refractivity contribution in [1.82, 2.24) is 4.98 Å². The van der Waals surface area contributed by atoms with Gasteiger partial charge in [-0.25, -0.2) is 4.98 Å². The highest BCUT2D eigenvalue weighted by Crippen LogP contribution is 2.23. The van der Waals surface area contributed by atoms with Gasteiger partial charge in [0.1, 0.15) is 0 Å². The van der Waals surface area contributed by atoms with Crippen LogP contribution in [0.2, 0.25) is 0 Å². The van der Waals surface area contributed by atoms with Crippen molar-refractivity contribution >= 4 is 17.2 Å². The number of nitrogens with two attached hydrogens (primary N) is 1. The van der Waals surface area contributed by atoms with Gasteiger partial charge in [-0.3, -0.25) is 0 Å². The monoisotopic (exact) mass is 223 g/mol. The van der Waals surface area contributed by atoms with Gasteiger partial charge >= 0.3 is 0 Å². The Labute approximate surface area is 101 Å². The zero-order chi connectivity index (χ0) is 12.3. The first-order valence-electron chi connectivity index (χ1n) is 5.25. The predicted octanol–water partition coefficient (Wildman–Crippen LogP) is 2.70. The summed E-state index contributed by atoms with van der Waals surface area (Å²) in [4.78, 5) is 4.20. The van der Waals surface area contributed by atoms with Crippen molar-refractivity contribution in [2.75, 3.05) is 11.1 Å². The topological polar surface area (TPSA) is 50.9 Å². The van der Waals surface area contributed by atoms with Crippen molar-refractivity contribution in [3.8, 4) is 12.3 Å². The normalized spacial score (nSPS) is 9.65. The van der Waals surface area contributed by atoms with Crippen LogP contribution in [0.5, 0.6) is 0 Å². The Hall–Kier alpha value is -2.47. The van der Waals surface area contributed by atoms with Gasteiger partial charge < -0.3 is 11.1 Å². The Balaban J connectivity index is 2.32. The summed E-state index contributed by atoms with van der Waals surface area (Å²) in [6.07, 6.45) is 7.07. The minimum absolute atomic E-state index is 0.651. The number of nitrogens with zero attached hydrogens (tertiary/aromatic N) is 1. The molecule has 0 radical (unpaired) electrons. The van der Waals surface area contributed by atoms with Gasteiger partial charge in [-0.2, -0.15) is 0 Å². The number of hydrogen-bond donors (Lipinski definition) is 2. The minimum Gasteiger partial charge on any atom is -0.396 e. The summed E-state index contributed by atoms with van der Waals surface area (Å²) < 4.78 is 0. The maximum atomic E-state index is 5.94. The smallest absolute Gasteiger partial charge is 0.153 e. The van der Waals surface area contributed by atoms with E-state index in [1.165, 1.54) is 0 Å². The quantitative estimate of drug-likeness (QED) is 0.770. The van der Waals surface area contributed by atoms with Crippen LogP contribution in [0.15, 0.2) is 36.5 Å². The summed E-state index contributed by atoms with van der Waals surface area (Å²) in [7, 11) is 0. The van der Waals surface area contributed by atoms with Crippen molar-refractivity contribution in [1.29, 1.82) is 0 Å². The molecule has 0 saturated heterocycles. The standard InChI is InChI=1S/C14H13N3/c1-3-11-5-4-6-12(9-11)17-14-13(15)10(2)7-8-16-14/h1,4-9H,15H2,2H3,(H,16,17). The average Bonchev–Trinajstić information content (AvgIpc) is 2.35. The number of anilines is 3. The first kappa shape index (κ1) is 11.0. The van der Waals surface area contributed by atoms with Crippen LogP contribution < -0.4 is 11.1 Å². The van der Waals surface area contributed by atoms with E-state index in [9.17, 15) is 0 Å². The predicted molar refractivity (Wildman–Crippen MR) is 71.0 cm³/mol. The molecule has 3 N–H and O–H groups in total. The Morgan fingerprint density at radius 2 is 2.18 bits per heavy atom. The van der Waals surface area contributed by atoms with Gasteiger partial charge in [0.25, 0.3) is 0 Å². The lowest BCUT2D eigenvalue weighted by Gasteiger charge is -2.09. The highest BCUT2D eigenvalue weighted by Gasteiger charge is 2.03. The molecule has 1 aromatic heterocycles. The van der Waals surface area contributed by atoms with Gasteiger partial charge in [-0.15, -0.1) is 6.42 Å². The summed E-state index contributed by atoms with van der Waals surface area (Å²) >= 11 is 0. The fourth-order valence-electron chi connectivity index (χ4n) is 1.49. The molecule has 1 aromatic carbocycles. The minimum atomic E-state index is 0.651. The third kappa shape index (κ3) is 2.37. The summed E-state index contributed by atoms with van der Waals surface area (Å²) in [5.41, 5.74) is 9.28. The molecule has 2 aromatic rings. The lowest BCUT2D eigenvalue weighted by Crippen LogP contribution is -2.00. The molecule has 0 spiro atoms. The van der Waals surface area contributed by atoms with Crippen LogP contribution in [0, 0.1) is 19.3 Å². The molecule has 0 aliphatic carbocycles. The molecule has 0 aliphatic heterocycles. The van der Waals surface area contributed by atoms with E-state index in [1.807, 2.05) is 37.3 Å². The first-order valence-corrected chi connectivity index (χ1v) is 5.25. The third-order valence-corrected chi connectivity index (χ3v) is 2.50. The summed E-state index contributed by atoms with van der Waals surface area (Å²) in [5, 5.41) is 3.16. The van der Waals surface area contributed by atoms with Gasteiger partial charge in [0, 0.05) is 17.4 Å². The number of pyridine rings is 1. The summed E-state index contributed by atoms with van der Waals surface area (Å²) in [5.74, 6) is 3.24. The van der Waals surface area contributed by atoms with E-state index in [1.54, 1.807) is 6.20 Å². The molecule has 84 valence electrons. The van der Waals surface area contributed by atoms with Crippen LogP contribution in [0.4, 0.5) is 17.2 Å². The second kappa shape index (κ2) is 4.58. The Bertz CT molecular complexity index is 582. The van der Waals surface area contributed by atoms with E-state index in [-0.39, 0.29) is 0 Å². The van der Waals surface area contributed by atoms with Crippen LogP contribution in [0.3, 0.4) is 0 Å². The molecule has 0 aliphatic rings. The van der Waals surface area contributed by atoms with Crippen molar-refractivity contribution in [2.24, 2.45) is 0 Å². The van der Waals surface area contributed by atoms with Crippen LogP contribution in [0.25, 0.3) is 0 Å². The molecular formula is C14H13N3. The number of nitrogen functional groups attached to an aromatic ring is 1. The van der Waals surface area contributed by atoms with Crippen LogP contribution in [-0.2, 0) is 0 Å². The molecule has 2 rings (SSSR count). The molecule has 17 heavy (non-hydrogen) atoms. The highest BCUT2D eigenvalue weighted by molar-refractivity contribution is 5.71. The molecule has 0 unspecified atom stereocenters. The number of aryl methyl sites for hydroxylation is 1. The Morgan fingerprint density at radius 1 is 1.35 bits per heavy atom. The molecule has 0 amide bonds. The number of hydrogen-bond acceptors (Lipinski definition) is 3. The molecule has 0 atom stereocenters. The molecule has 3 nitrogen and oxygen atoms in total. The lowest BCUT2D eigenvalue weighted by atomic mass is 10.2. The van der Waals surface area contributed by atoms with Gasteiger partial charge in [-0.1, -0.05) is 12.0 Å². The zero-order valence-corrected chi connectivity index (χ0v) is 9.57. The van der Waals surface area contributed by atoms with Gasteiger partial charge in [0.15, 0.2) is 5.82 Å². The van der Waals surface area contributed by atoms with Gasteiger partial charge in [-0.05, 0) is 36.8 Å². The fourth-order valence-corrected chi connectivity index (χ4v) is 1.49. The van der Waals surface area contributed by atoms with E-state index in [2.05, 4.69) is 16.2 Å². The van der Waals surface area contributed by atoms with Crippen LogP contribution in [0.1, 0.15) is 11.1 Å². The van der Waals surface area contributed by atoms with E-state index in [4.69, 9.17) is 12.2 Å². The molecule has 0 fully saturated rings. The number of aromatic nitrogens is 1. The SMILES string of the molecule is C#Cc1cccc(Nc2nccc(C)c2N)c1. The maximum absolute atomic E-state index is 5.94. The second-order valence-electron chi connectivity index (χ2n) is 3.74. The molecule has 0 bridgehead atoms. The van der Waals surface area contributed by atoms with Gasteiger partial charge in [0.2, 0.25) is 0 Å². The number of nitrogens with one attached hydrogen (secondary N) is 1. The van der Waals surface area contributed by atoms with Crippen molar-refractivity contribution < 1.29 is 0 Å². The van der Waals surface area contributed by atoms with E-state index >= 15 is 0 Å². The maximum Gasteiger partial charge on any atom is 0.153 e. The zero-order valence-electron chi connectivity index (χ0n) is 9.57.